The van der Waals surface area contributed by atoms with Crippen LogP contribution in [0.2, 0.25) is 0 Å². The summed E-state index contributed by atoms with van der Waals surface area (Å²) in [6, 6.07) is 10.2. The van der Waals surface area contributed by atoms with Crippen LogP contribution >= 0.6 is 0 Å². The Morgan fingerprint density at radius 2 is 1.79 bits per heavy atom. The van der Waals surface area contributed by atoms with Crippen molar-refractivity contribution in [2.45, 2.75) is 25.4 Å². The molecule has 2 aromatic carbocycles. The lowest BCUT2D eigenvalue weighted by molar-refractivity contribution is -0.136. The number of rotatable bonds is 4. The van der Waals surface area contributed by atoms with Crippen LogP contribution in [0.1, 0.15) is 39.1 Å². The van der Waals surface area contributed by atoms with Gasteiger partial charge < -0.3 is 4.90 Å². The first kappa shape index (κ1) is 18.8. The van der Waals surface area contributed by atoms with Gasteiger partial charge in [0.15, 0.2) is 0 Å². The molecule has 2 heterocycles. The molecule has 2 aromatic rings. The number of hydrogen-bond acceptors (Lipinski definition) is 5. The molecule has 148 valence electrons. The molecule has 7 nitrogen and oxygen atoms in total. The van der Waals surface area contributed by atoms with Gasteiger partial charge in [-0.2, -0.15) is 0 Å². The highest BCUT2D eigenvalue weighted by molar-refractivity contribution is 6.23. The van der Waals surface area contributed by atoms with Gasteiger partial charge in [0.1, 0.15) is 11.9 Å². The van der Waals surface area contributed by atoms with Crippen molar-refractivity contribution in [3.63, 3.8) is 0 Å². The maximum absolute atomic E-state index is 13.9. The average molecular weight is 395 g/mol. The number of halogens is 1. The van der Waals surface area contributed by atoms with E-state index in [1.807, 2.05) is 0 Å². The first-order valence-electron chi connectivity index (χ1n) is 9.17. The number of carbonyl (C=O) groups excluding carboxylic acids is 4. The lowest BCUT2D eigenvalue weighted by Gasteiger charge is -2.27. The van der Waals surface area contributed by atoms with Crippen LogP contribution in [0.25, 0.3) is 0 Å². The van der Waals surface area contributed by atoms with E-state index in [0.717, 1.165) is 4.90 Å². The van der Waals surface area contributed by atoms with Gasteiger partial charge in [0.25, 0.3) is 11.8 Å². The van der Waals surface area contributed by atoms with Crippen LogP contribution in [0.5, 0.6) is 0 Å². The maximum atomic E-state index is 13.9. The SMILES string of the molecule is CN(Cc1ccccc1F)c1ccc2c(c1)C(=O)N(C1CCC(=O)NC1=O)C2=O. The first-order chi connectivity index (χ1) is 13.9. The van der Waals surface area contributed by atoms with Gasteiger partial charge in [0, 0.05) is 31.3 Å². The summed E-state index contributed by atoms with van der Waals surface area (Å²) in [6.45, 7) is 0.282. The van der Waals surface area contributed by atoms with Gasteiger partial charge in [-0.15, -0.1) is 0 Å². The Labute approximate surface area is 166 Å². The zero-order chi connectivity index (χ0) is 20.7. The Bertz CT molecular complexity index is 1050. The van der Waals surface area contributed by atoms with Crippen LogP contribution in [0.3, 0.4) is 0 Å². The van der Waals surface area contributed by atoms with Gasteiger partial charge in [-0.1, -0.05) is 18.2 Å². The summed E-state index contributed by atoms with van der Waals surface area (Å²) in [5.41, 5.74) is 1.54. The highest BCUT2D eigenvalue weighted by Crippen LogP contribution is 2.30. The second-order valence-electron chi connectivity index (χ2n) is 7.12. The van der Waals surface area contributed by atoms with Gasteiger partial charge in [0.2, 0.25) is 11.8 Å². The van der Waals surface area contributed by atoms with E-state index in [1.54, 1.807) is 42.3 Å². The van der Waals surface area contributed by atoms with Gasteiger partial charge in [0.05, 0.1) is 11.1 Å². The highest BCUT2D eigenvalue weighted by Gasteiger charge is 2.44. The number of imide groups is 2. The number of piperidine rings is 1. The van der Waals surface area contributed by atoms with E-state index in [1.165, 1.54) is 12.1 Å². The molecule has 1 unspecified atom stereocenters. The van der Waals surface area contributed by atoms with Crippen LogP contribution < -0.4 is 10.2 Å². The molecule has 29 heavy (non-hydrogen) atoms. The topological polar surface area (TPSA) is 86.8 Å². The van der Waals surface area contributed by atoms with Crippen molar-refractivity contribution >= 4 is 29.3 Å². The lowest BCUT2D eigenvalue weighted by Crippen LogP contribution is -2.54. The number of amides is 4. The molecule has 0 spiro atoms. The number of carbonyl (C=O) groups is 4. The minimum atomic E-state index is -1.00. The maximum Gasteiger partial charge on any atom is 0.262 e. The summed E-state index contributed by atoms with van der Waals surface area (Å²) in [5, 5.41) is 2.17. The monoisotopic (exact) mass is 395 g/mol. The molecule has 0 aliphatic carbocycles. The Balaban J connectivity index is 1.59. The van der Waals surface area contributed by atoms with Gasteiger partial charge in [-0.25, -0.2) is 4.39 Å². The number of benzene rings is 2. The van der Waals surface area contributed by atoms with Crippen LogP contribution in [-0.2, 0) is 16.1 Å². The van der Waals surface area contributed by atoms with Crippen molar-refractivity contribution in [2.24, 2.45) is 0 Å². The average Bonchev–Trinajstić information content (AvgIpc) is 2.94. The summed E-state index contributed by atoms with van der Waals surface area (Å²) in [7, 11) is 1.76. The molecule has 1 fully saturated rings. The number of anilines is 1. The Hall–Kier alpha value is -3.55. The van der Waals surface area contributed by atoms with Gasteiger partial charge in [-0.3, -0.25) is 29.4 Å². The third-order valence-electron chi connectivity index (χ3n) is 5.23. The number of hydrogen-bond donors (Lipinski definition) is 1. The molecule has 0 saturated carbocycles. The van der Waals surface area contributed by atoms with Crippen molar-refractivity contribution in [3.05, 3.63) is 65.0 Å². The van der Waals surface area contributed by atoms with Crippen molar-refractivity contribution in [1.29, 1.82) is 0 Å². The third-order valence-corrected chi connectivity index (χ3v) is 5.23. The van der Waals surface area contributed by atoms with Gasteiger partial charge >= 0.3 is 0 Å². The van der Waals surface area contributed by atoms with E-state index in [-0.39, 0.29) is 36.3 Å². The van der Waals surface area contributed by atoms with E-state index in [9.17, 15) is 23.6 Å². The minimum Gasteiger partial charge on any atom is -0.370 e. The van der Waals surface area contributed by atoms with Gasteiger partial charge in [-0.05, 0) is 30.7 Å². The standard InChI is InChI=1S/C21H18FN3O4/c1-24(11-12-4-2-3-5-16(12)22)13-6-7-14-15(10-13)21(29)25(20(14)28)17-8-9-18(26)23-19(17)27/h2-7,10,17H,8-9,11H2,1H3,(H,23,26,27). The van der Waals surface area contributed by atoms with Crippen LogP contribution in [-0.4, -0.2) is 41.6 Å². The Morgan fingerprint density at radius 3 is 2.52 bits per heavy atom. The lowest BCUT2D eigenvalue weighted by atomic mass is 10.0. The second kappa shape index (κ2) is 7.12. The zero-order valence-corrected chi connectivity index (χ0v) is 15.6. The van der Waals surface area contributed by atoms with E-state index >= 15 is 0 Å². The molecular formula is C21H18FN3O4. The van der Waals surface area contributed by atoms with Crippen molar-refractivity contribution < 1.29 is 23.6 Å². The summed E-state index contributed by atoms with van der Waals surface area (Å²) in [4.78, 5) is 51.8. The number of nitrogens with one attached hydrogen (secondary N) is 1. The molecule has 4 rings (SSSR count). The fourth-order valence-electron chi connectivity index (χ4n) is 3.67. The second-order valence-corrected chi connectivity index (χ2v) is 7.12. The third kappa shape index (κ3) is 3.26. The number of fused-ring (bicyclic) bond motifs is 1. The predicted molar refractivity (Wildman–Crippen MR) is 102 cm³/mol. The van der Waals surface area contributed by atoms with Crippen LogP contribution in [0.15, 0.2) is 42.5 Å². The van der Waals surface area contributed by atoms with E-state index in [4.69, 9.17) is 0 Å². The molecular weight excluding hydrogens is 377 g/mol. The molecule has 8 heteroatoms. The molecule has 1 atom stereocenters. The minimum absolute atomic E-state index is 0.0699. The highest BCUT2D eigenvalue weighted by atomic mass is 19.1. The van der Waals surface area contributed by atoms with E-state index in [0.29, 0.717) is 11.3 Å². The normalized spacial score (nSPS) is 18.7. The van der Waals surface area contributed by atoms with Crippen molar-refractivity contribution in [2.75, 3.05) is 11.9 Å². The van der Waals surface area contributed by atoms with Crippen LogP contribution in [0.4, 0.5) is 10.1 Å². The number of nitrogens with zero attached hydrogens (tertiary/aromatic N) is 2. The zero-order valence-electron chi connectivity index (χ0n) is 15.6. The predicted octanol–water partition coefficient (Wildman–Crippen LogP) is 1.86. The van der Waals surface area contributed by atoms with Crippen molar-refractivity contribution in [3.8, 4) is 0 Å². The molecule has 4 amide bonds. The van der Waals surface area contributed by atoms with E-state index in [2.05, 4.69) is 5.32 Å². The largest absolute Gasteiger partial charge is 0.370 e. The molecule has 2 aliphatic heterocycles. The molecule has 1 saturated heterocycles. The molecule has 0 radical (unpaired) electrons. The summed E-state index contributed by atoms with van der Waals surface area (Å²) < 4.78 is 13.9. The summed E-state index contributed by atoms with van der Waals surface area (Å²) in [6.07, 6.45) is 0.177. The molecule has 2 aliphatic rings. The molecule has 0 bridgehead atoms. The molecule has 0 aromatic heterocycles. The van der Waals surface area contributed by atoms with E-state index < -0.39 is 29.7 Å². The fourth-order valence-corrected chi connectivity index (χ4v) is 3.67. The molecule has 1 N–H and O–H groups in total. The quantitative estimate of drug-likeness (QED) is 0.799. The smallest absolute Gasteiger partial charge is 0.262 e. The Morgan fingerprint density at radius 1 is 1.07 bits per heavy atom. The van der Waals surface area contributed by atoms with Crippen LogP contribution in [0, 0.1) is 5.82 Å². The Kier molecular flexibility index (Phi) is 4.62. The first-order valence-corrected chi connectivity index (χ1v) is 9.17. The fraction of sp³-hybridized carbons (Fsp3) is 0.238. The summed E-state index contributed by atoms with van der Waals surface area (Å²) in [5.74, 6) is -2.51. The summed E-state index contributed by atoms with van der Waals surface area (Å²) >= 11 is 0. The van der Waals surface area contributed by atoms with Crippen molar-refractivity contribution in [1.82, 2.24) is 10.2 Å².